The minimum atomic E-state index is -3.60. The summed E-state index contributed by atoms with van der Waals surface area (Å²) in [7, 11) is -3.60. The summed E-state index contributed by atoms with van der Waals surface area (Å²) < 4.78 is 31.6. The van der Waals surface area contributed by atoms with E-state index in [2.05, 4.69) is 0 Å². The molecule has 24 heavy (non-hydrogen) atoms. The van der Waals surface area contributed by atoms with Gasteiger partial charge in [-0.1, -0.05) is 50.2 Å². The fraction of sp³-hybridized carbons (Fsp3) is 0.278. The first-order chi connectivity index (χ1) is 11.5. The zero-order valence-corrected chi connectivity index (χ0v) is 14.6. The summed E-state index contributed by atoms with van der Waals surface area (Å²) in [4.78, 5) is 12.3. The van der Waals surface area contributed by atoms with E-state index in [-0.39, 0.29) is 17.1 Å². The first kappa shape index (κ1) is 18.2. The van der Waals surface area contributed by atoms with Crippen LogP contribution in [0.4, 0.5) is 0 Å². The second-order valence-corrected chi connectivity index (χ2v) is 7.12. The van der Waals surface area contributed by atoms with Gasteiger partial charge in [0.05, 0.1) is 10.5 Å². The number of nitrogens with zero attached hydrogens (tertiary/aromatic N) is 1. The van der Waals surface area contributed by atoms with Gasteiger partial charge in [0.25, 0.3) is 0 Å². The summed E-state index contributed by atoms with van der Waals surface area (Å²) in [6.07, 6.45) is 0. The smallest absolute Gasteiger partial charge is 0.338 e. The highest BCUT2D eigenvalue weighted by molar-refractivity contribution is 7.89. The molecule has 0 aliphatic carbocycles. The molecule has 0 fully saturated rings. The SMILES string of the molecule is CCN(CC)S(=O)(=O)c1cccc(C(=O)OCc2ccccc2)c1. The zero-order chi connectivity index (χ0) is 17.6. The number of hydrogen-bond acceptors (Lipinski definition) is 4. The van der Waals surface area contributed by atoms with Gasteiger partial charge in [0.15, 0.2) is 0 Å². The molecular weight excluding hydrogens is 326 g/mol. The first-order valence-electron chi connectivity index (χ1n) is 7.80. The van der Waals surface area contributed by atoms with Gasteiger partial charge in [-0.05, 0) is 23.8 Å². The molecule has 6 heteroatoms. The molecule has 0 aliphatic heterocycles. The maximum Gasteiger partial charge on any atom is 0.338 e. The Balaban J connectivity index is 2.16. The van der Waals surface area contributed by atoms with Gasteiger partial charge in [0.1, 0.15) is 6.61 Å². The average molecular weight is 347 g/mol. The lowest BCUT2D eigenvalue weighted by molar-refractivity contribution is 0.0472. The summed E-state index contributed by atoms with van der Waals surface area (Å²) in [5, 5.41) is 0. The predicted octanol–water partition coefficient (Wildman–Crippen LogP) is 3.07. The van der Waals surface area contributed by atoms with Crippen LogP contribution < -0.4 is 0 Å². The number of rotatable bonds is 7. The lowest BCUT2D eigenvalue weighted by atomic mass is 10.2. The third-order valence-electron chi connectivity index (χ3n) is 3.63. The Kier molecular flexibility index (Phi) is 6.11. The molecule has 0 saturated heterocycles. The lowest BCUT2D eigenvalue weighted by Gasteiger charge is -2.18. The molecule has 0 heterocycles. The highest BCUT2D eigenvalue weighted by Gasteiger charge is 2.22. The van der Waals surface area contributed by atoms with Crippen LogP contribution in [0.5, 0.6) is 0 Å². The van der Waals surface area contributed by atoms with E-state index in [0.29, 0.717) is 13.1 Å². The highest BCUT2D eigenvalue weighted by atomic mass is 32.2. The number of hydrogen-bond donors (Lipinski definition) is 0. The van der Waals surface area contributed by atoms with Crippen LogP contribution in [0.25, 0.3) is 0 Å². The van der Waals surface area contributed by atoms with Gasteiger partial charge in [0.2, 0.25) is 10.0 Å². The van der Waals surface area contributed by atoms with E-state index in [1.54, 1.807) is 26.0 Å². The van der Waals surface area contributed by atoms with Gasteiger partial charge < -0.3 is 4.74 Å². The topological polar surface area (TPSA) is 63.7 Å². The van der Waals surface area contributed by atoms with Crippen LogP contribution >= 0.6 is 0 Å². The summed E-state index contributed by atoms with van der Waals surface area (Å²) in [5.74, 6) is -0.546. The van der Waals surface area contributed by atoms with E-state index in [4.69, 9.17) is 4.74 Å². The highest BCUT2D eigenvalue weighted by Crippen LogP contribution is 2.17. The van der Waals surface area contributed by atoms with Crippen LogP contribution in [0.1, 0.15) is 29.8 Å². The standard InChI is InChI=1S/C18H21NO4S/c1-3-19(4-2)24(21,22)17-12-8-11-16(13-17)18(20)23-14-15-9-6-5-7-10-15/h5-13H,3-4,14H2,1-2H3. The molecule has 5 nitrogen and oxygen atoms in total. The lowest BCUT2D eigenvalue weighted by Crippen LogP contribution is -2.30. The summed E-state index contributed by atoms with van der Waals surface area (Å²) in [5.41, 5.74) is 1.09. The van der Waals surface area contributed by atoms with Gasteiger partial charge in [-0.3, -0.25) is 0 Å². The monoisotopic (exact) mass is 347 g/mol. The molecule has 0 spiro atoms. The summed E-state index contributed by atoms with van der Waals surface area (Å²) >= 11 is 0. The van der Waals surface area contributed by atoms with Gasteiger partial charge in [0, 0.05) is 13.1 Å². The molecule has 128 valence electrons. The molecule has 2 aromatic rings. The van der Waals surface area contributed by atoms with E-state index < -0.39 is 16.0 Å². The van der Waals surface area contributed by atoms with Crippen LogP contribution in [0, 0.1) is 0 Å². The van der Waals surface area contributed by atoms with Crippen molar-refractivity contribution in [2.24, 2.45) is 0 Å². The molecule has 0 aromatic heterocycles. The number of benzene rings is 2. The molecule has 2 aromatic carbocycles. The first-order valence-corrected chi connectivity index (χ1v) is 9.24. The Morgan fingerprint density at radius 2 is 1.67 bits per heavy atom. The Morgan fingerprint density at radius 3 is 2.29 bits per heavy atom. The number of sulfonamides is 1. The van der Waals surface area contributed by atoms with E-state index in [1.807, 2.05) is 30.3 Å². The fourth-order valence-electron chi connectivity index (χ4n) is 2.30. The van der Waals surface area contributed by atoms with Gasteiger partial charge in [-0.15, -0.1) is 0 Å². The molecule has 2 rings (SSSR count). The van der Waals surface area contributed by atoms with Crippen LogP contribution in [0.2, 0.25) is 0 Å². The van der Waals surface area contributed by atoms with Crippen molar-refractivity contribution < 1.29 is 17.9 Å². The molecular formula is C18H21NO4S. The van der Waals surface area contributed by atoms with Crippen molar-refractivity contribution in [3.63, 3.8) is 0 Å². The van der Waals surface area contributed by atoms with E-state index in [9.17, 15) is 13.2 Å². The van der Waals surface area contributed by atoms with Gasteiger partial charge in [-0.25, -0.2) is 13.2 Å². The van der Waals surface area contributed by atoms with E-state index in [1.165, 1.54) is 16.4 Å². The third kappa shape index (κ3) is 4.21. The van der Waals surface area contributed by atoms with Crippen molar-refractivity contribution in [2.45, 2.75) is 25.3 Å². The van der Waals surface area contributed by atoms with Crippen LogP contribution in [-0.4, -0.2) is 31.8 Å². The molecule has 0 amide bonds. The summed E-state index contributed by atoms with van der Waals surface area (Å²) in [6, 6.07) is 15.3. The number of carbonyl (C=O) groups excluding carboxylic acids is 1. The molecule has 0 radical (unpaired) electrons. The minimum absolute atomic E-state index is 0.0976. The normalized spacial score (nSPS) is 11.5. The van der Waals surface area contributed by atoms with Gasteiger partial charge >= 0.3 is 5.97 Å². The largest absolute Gasteiger partial charge is 0.457 e. The number of ether oxygens (including phenoxy) is 1. The molecule has 0 saturated carbocycles. The number of carbonyl (C=O) groups is 1. The summed E-state index contributed by atoms with van der Waals surface area (Å²) in [6.45, 7) is 4.45. The quantitative estimate of drug-likeness (QED) is 0.722. The Morgan fingerprint density at radius 1 is 1.00 bits per heavy atom. The molecule has 0 bridgehead atoms. The molecule has 0 unspecified atom stereocenters. The zero-order valence-electron chi connectivity index (χ0n) is 13.8. The van der Waals surface area contributed by atoms with Crippen molar-refractivity contribution >= 4 is 16.0 Å². The van der Waals surface area contributed by atoms with Crippen molar-refractivity contribution in [3.8, 4) is 0 Å². The second kappa shape index (κ2) is 8.08. The maximum atomic E-state index is 12.5. The van der Waals surface area contributed by atoms with Crippen molar-refractivity contribution in [3.05, 3.63) is 65.7 Å². The van der Waals surface area contributed by atoms with Crippen molar-refractivity contribution in [1.82, 2.24) is 4.31 Å². The second-order valence-electron chi connectivity index (χ2n) is 5.18. The Hall–Kier alpha value is -2.18. The van der Waals surface area contributed by atoms with E-state index >= 15 is 0 Å². The Bertz CT molecular complexity index is 784. The van der Waals surface area contributed by atoms with Crippen molar-refractivity contribution in [2.75, 3.05) is 13.1 Å². The average Bonchev–Trinajstić information content (AvgIpc) is 2.61. The molecule has 0 aliphatic rings. The van der Waals surface area contributed by atoms with E-state index in [0.717, 1.165) is 5.56 Å². The molecule has 0 N–H and O–H groups in total. The van der Waals surface area contributed by atoms with Crippen molar-refractivity contribution in [1.29, 1.82) is 0 Å². The maximum absolute atomic E-state index is 12.5. The Labute approximate surface area is 142 Å². The van der Waals surface area contributed by atoms with Crippen LogP contribution in [0.15, 0.2) is 59.5 Å². The number of esters is 1. The fourth-order valence-corrected chi connectivity index (χ4v) is 3.81. The third-order valence-corrected chi connectivity index (χ3v) is 5.67. The van der Waals surface area contributed by atoms with Crippen LogP contribution in [0.3, 0.4) is 0 Å². The van der Waals surface area contributed by atoms with Gasteiger partial charge in [-0.2, -0.15) is 4.31 Å². The molecule has 0 atom stereocenters. The van der Waals surface area contributed by atoms with Crippen LogP contribution in [-0.2, 0) is 21.4 Å². The predicted molar refractivity (Wildman–Crippen MR) is 92.1 cm³/mol. The minimum Gasteiger partial charge on any atom is -0.457 e.